The summed E-state index contributed by atoms with van der Waals surface area (Å²) in [6.07, 6.45) is 3.05. The first-order chi connectivity index (χ1) is 9.35. The van der Waals surface area contributed by atoms with Gasteiger partial charge < -0.3 is 15.0 Å². The van der Waals surface area contributed by atoms with Crippen molar-refractivity contribution in [2.75, 3.05) is 19.8 Å². The fourth-order valence-electron chi connectivity index (χ4n) is 3.44. The van der Waals surface area contributed by atoms with Crippen LogP contribution in [-0.4, -0.2) is 47.6 Å². The minimum Gasteiger partial charge on any atom is -0.381 e. The molecule has 1 saturated carbocycles. The molecule has 1 N–H and O–H groups in total. The lowest BCUT2D eigenvalue weighted by Gasteiger charge is -2.50. The van der Waals surface area contributed by atoms with Crippen molar-refractivity contribution < 1.29 is 14.3 Å². The molecule has 2 atom stereocenters. The molecule has 2 amide bonds. The molecule has 0 aromatic carbocycles. The smallest absolute Gasteiger partial charge is 0.248 e. The summed E-state index contributed by atoms with van der Waals surface area (Å²) < 4.78 is 5.42. The molecule has 3 aliphatic rings. The summed E-state index contributed by atoms with van der Waals surface area (Å²) in [5, 5.41) is 2.91. The summed E-state index contributed by atoms with van der Waals surface area (Å²) in [7, 11) is 0. The van der Waals surface area contributed by atoms with E-state index in [0.29, 0.717) is 25.0 Å². The Bertz CT molecular complexity index is 438. The van der Waals surface area contributed by atoms with E-state index >= 15 is 0 Å². The Labute approximate surface area is 120 Å². The van der Waals surface area contributed by atoms with Crippen LogP contribution in [0.25, 0.3) is 0 Å². The van der Waals surface area contributed by atoms with E-state index in [1.807, 2.05) is 11.8 Å². The van der Waals surface area contributed by atoms with Crippen LogP contribution in [0.2, 0.25) is 0 Å². The largest absolute Gasteiger partial charge is 0.381 e. The van der Waals surface area contributed by atoms with E-state index in [9.17, 15) is 9.59 Å². The predicted molar refractivity (Wildman–Crippen MR) is 74.0 cm³/mol. The molecule has 0 bridgehead atoms. The Morgan fingerprint density at radius 2 is 1.95 bits per heavy atom. The molecule has 5 heteroatoms. The van der Waals surface area contributed by atoms with E-state index < -0.39 is 11.1 Å². The third kappa shape index (κ3) is 2.03. The van der Waals surface area contributed by atoms with Crippen molar-refractivity contribution in [2.45, 2.75) is 51.1 Å². The van der Waals surface area contributed by atoms with Crippen LogP contribution in [0.5, 0.6) is 0 Å². The van der Waals surface area contributed by atoms with Gasteiger partial charge in [-0.1, -0.05) is 0 Å². The number of amides is 2. The van der Waals surface area contributed by atoms with Gasteiger partial charge in [-0.3, -0.25) is 9.59 Å². The molecule has 0 aromatic rings. The second-order valence-electron chi connectivity index (χ2n) is 7.15. The van der Waals surface area contributed by atoms with E-state index in [1.54, 1.807) is 13.8 Å². The number of nitrogens with zero attached hydrogens (tertiary/aromatic N) is 1. The zero-order valence-corrected chi connectivity index (χ0v) is 12.6. The maximum Gasteiger partial charge on any atom is 0.248 e. The quantitative estimate of drug-likeness (QED) is 0.836. The second kappa shape index (κ2) is 4.45. The van der Waals surface area contributed by atoms with Gasteiger partial charge in [0.2, 0.25) is 11.8 Å². The first-order valence-corrected chi connectivity index (χ1v) is 7.58. The topological polar surface area (TPSA) is 58.6 Å². The summed E-state index contributed by atoms with van der Waals surface area (Å²) in [5.41, 5.74) is -1.47. The zero-order valence-electron chi connectivity index (χ0n) is 12.6. The van der Waals surface area contributed by atoms with E-state index in [2.05, 4.69) is 5.32 Å². The van der Waals surface area contributed by atoms with Gasteiger partial charge in [0.25, 0.3) is 0 Å². The molecule has 2 heterocycles. The van der Waals surface area contributed by atoms with Crippen molar-refractivity contribution in [3.05, 3.63) is 0 Å². The molecule has 3 rings (SSSR count). The highest BCUT2D eigenvalue weighted by molar-refractivity contribution is 6.02. The summed E-state index contributed by atoms with van der Waals surface area (Å²) in [4.78, 5) is 27.3. The molecule has 5 nitrogen and oxygen atoms in total. The van der Waals surface area contributed by atoms with Crippen molar-refractivity contribution in [1.82, 2.24) is 10.2 Å². The van der Waals surface area contributed by atoms with Crippen LogP contribution < -0.4 is 5.32 Å². The number of nitrogens with one attached hydrogen (secondary N) is 1. The summed E-state index contributed by atoms with van der Waals surface area (Å²) >= 11 is 0. The van der Waals surface area contributed by atoms with E-state index in [-0.39, 0.29) is 11.8 Å². The average Bonchev–Trinajstić information content (AvgIpc) is 3.11. The average molecular weight is 280 g/mol. The zero-order chi connectivity index (χ0) is 14.5. The van der Waals surface area contributed by atoms with E-state index in [4.69, 9.17) is 4.74 Å². The second-order valence-corrected chi connectivity index (χ2v) is 7.15. The van der Waals surface area contributed by atoms with Gasteiger partial charge in [0, 0.05) is 19.1 Å². The maximum atomic E-state index is 12.8. The SMILES string of the molecule is CC1(C)NC(=O)C(C)(C2CC2)N(CC2CCOC2)C1=O. The van der Waals surface area contributed by atoms with Crippen LogP contribution in [0.15, 0.2) is 0 Å². The van der Waals surface area contributed by atoms with Crippen LogP contribution in [0.4, 0.5) is 0 Å². The van der Waals surface area contributed by atoms with Crippen LogP contribution in [0, 0.1) is 11.8 Å². The lowest BCUT2D eigenvalue weighted by molar-refractivity contribution is -0.163. The third-order valence-electron chi connectivity index (χ3n) is 5.06. The van der Waals surface area contributed by atoms with Gasteiger partial charge in [0.1, 0.15) is 11.1 Å². The van der Waals surface area contributed by atoms with Crippen LogP contribution in [-0.2, 0) is 14.3 Å². The van der Waals surface area contributed by atoms with Crippen LogP contribution in [0.1, 0.15) is 40.0 Å². The molecule has 3 fully saturated rings. The van der Waals surface area contributed by atoms with Crippen molar-refractivity contribution in [3.63, 3.8) is 0 Å². The number of carbonyl (C=O) groups is 2. The number of piperazine rings is 1. The van der Waals surface area contributed by atoms with Crippen molar-refractivity contribution >= 4 is 11.8 Å². The predicted octanol–water partition coefficient (Wildman–Crippen LogP) is 0.929. The summed E-state index contributed by atoms with van der Waals surface area (Å²) in [5.74, 6) is 0.713. The van der Waals surface area contributed by atoms with Gasteiger partial charge in [-0.25, -0.2) is 0 Å². The minimum atomic E-state index is -0.801. The minimum absolute atomic E-state index is 0.00325. The molecule has 1 aliphatic carbocycles. The normalized spacial score (nSPS) is 37.1. The molecule has 112 valence electrons. The molecule has 20 heavy (non-hydrogen) atoms. The highest BCUT2D eigenvalue weighted by atomic mass is 16.5. The Balaban J connectivity index is 1.89. The number of carbonyl (C=O) groups excluding carboxylic acids is 2. The third-order valence-corrected chi connectivity index (χ3v) is 5.06. The molecule has 2 saturated heterocycles. The van der Waals surface area contributed by atoms with E-state index in [1.165, 1.54) is 0 Å². The molecule has 0 spiro atoms. The number of rotatable bonds is 3. The monoisotopic (exact) mass is 280 g/mol. The Morgan fingerprint density at radius 1 is 1.25 bits per heavy atom. The summed E-state index contributed by atoms with van der Waals surface area (Å²) in [6.45, 7) is 7.62. The summed E-state index contributed by atoms with van der Waals surface area (Å²) in [6, 6.07) is 0. The molecule has 2 unspecified atom stereocenters. The highest BCUT2D eigenvalue weighted by Gasteiger charge is 2.59. The lowest BCUT2D eigenvalue weighted by atomic mass is 9.83. The van der Waals surface area contributed by atoms with Crippen LogP contribution in [0.3, 0.4) is 0 Å². The Hall–Kier alpha value is -1.10. The van der Waals surface area contributed by atoms with Crippen LogP contribution >= 0.6 is 0 Å². The fraction of sp³-hybridized carbons (Fsp3) is 0.867. The number of ether oxygens (including phenoxy) is 1. The number of hydrogen-bond acceptors (Lipinski definition) is 3. The van der Waals surface area contributed by atoms with Gasteiger partial charge in [-0.2, -0.15) is 0 Å². The molecular weight excluding hydrogens is 256 g/mol. The highest BCUT2D eigenvalue weighted by Crippen LogP contribution is 2.46. The first-order valence-electron chi connectivity index (χ1n) is 7.58. The van der Waals surface area contributed by atoms with Gasteiger partial charge in [-0.05, 0) is 46.0 Å². The Morgan fingerprint density at radius 3 is 2.50 bits per heavy atom. The lowest BCUT2D eigenvalue weighted by Crippen LogP contribution is -2.74. The van der Waals surface area contributed by atoms with Crippen molar-refractivity contribution in [1.29, 1.82) is 0 Å². The first kappa shape index (κ1) is 13.9. The molecular formula is C15H24N2O3. The fourth-order valence-corrected chi connectivity index (χ4v) is 3.44. The van der Waals surface area contributed by atoms with Gasteiger partial charge >= 0.3 is 0 Å². The van der Waals surface area contributed by atoms with Crippen molar-refractivity contribution in [2.24, 2.45) is 11.8 Å². The van der Waals surface area contributed by atoms with Gasteiger partial charge in [0.05, 0.1) is 6.61 Å². The molecule has 0 aromatic heterocycles. The van der Waals surface area contributed by atoms with Crippen molar-refractivity contribution in [3.8, 4) is 0 Å². The standard InChI is InChI=1S/C15H24N2O3/c1-14(2)13(19)17(8-10-6-7-20-9-10)15(3,11-4-5-11)12(18)16-14/h10-11H,4-9H2,1-3H3,(H,16,18). The molecule has 2 aliphatic heterocycles. The van der Waals surface area contributed by atoms with E-state index in [0.717, 1.165) is 25.9 Å². The van der Waals surface area contributed by atoms with Gasteiger partial charge in [0.15, 0.2) is 0 Å². The maximum absolute atomic E-state index is 12.8. The Kier molecular flexibility index (Phi) is 3.08. The molecule has 0 radical (unpaired) electrons. The van der Waals surface area contributed by atoms with Gasteiger partial charge in [-0.15, -0.1) is 0 Å². The number of hydrogen-bond donors (Lipinski definition) is 1.